The molecule has 0 fully saturated rings. The number of allylic oxidation sites excluding steroid dienone is 1. The summed E-state index contributed by atoms with van der Waals surface area (Å²) in [5, 5.41) is 9.88. The average Bonchev–Trinajstić information content (AvgIpc) is 2.64. The number of esters is 1. The third-order valence-electron chi connectivity index (χ3n) is 4.33. The minimum atomic E-state index is -0.727. The Morgan fingerprint density at radius 3 is 2.44 bits per heavy atom. The molecule has 6 heteroatoms. The molecule has 1 atom stereocenters. The molecular formula is C21H18O6. The van der Waals surface area contributed by atoms with Crippen molar-refractivity contribution >= 4 is 17.5 Å². The van der Waals surface area contributed by atoms with E-state index in [2.05, 4.69) is 0 Å². The lowest BCUT2D eigenvalue weighted by Crippen LogP contribution is -2.20. The number of Topliss-reactive ketones (excluding diaryl/α,β-unsaturated/α-hetero) is 1. The first-order valence-corrected chi connectivity index (χ1v) is 8.33. The van der Waals surface area contributed by atoms with Crippen molar-refractivity contribution in [1.29, 1.82) is 0 Å². The number of fused-ring (bicyclic) bond motifs is 1. The number of phenols is 1. The fourth-order valence-corrected chi connectivity index (χ4v) is 3.06. The summed E-state index contributed by atoms with van der Waals surface area (Å²) in [7, 11) is 1.54. The molecule has 2 aromatic rings. The second-order valence-electron chi connectivity index (χ2n) is 6.14. The third kappa shape index (κ3) is 3.74. The van der Waals surface area contributed by atoms with Crippen molar-refractivity contribution in [2.75, 3.05) is 7.11 Å². The second-order valence-corrected chi connectivity index (χ2v) is 6.14. The summed E-state index contributed by atoms with van der Waals surface area (Å²) in [6.07, 6.45) is 0.519. The fourth-order valence-electron chi connectivity index (χ4n) is 3.06. The van der Waals surface area contributed by atoms with Crippen LogP contribution in [0.1, 0.15) is 45.7 Å². The van der Waals surface area contributed by atoms with Crippen molar-refractivity contribution in [3.05, 3.63) is 70.8 Å². The van der Waals surface area contributed by atoms with Crippen LogP contribution in [0.5, 0.6) is 11.5 Å². The van der Waals surface area contributed by atoms with Gasteiger partial charge in [0.15, 0.2) is 11.6 Å². The standard InChI is InChI=1S/C21H18O6/c1-12(22)27-19(13-6-8-15(26-2)9-7-13)11-14-10-18(24)20-16(21(14)25)4-3-5-17(20)23/h3-10,19,23H,11H2,1-2H3. The van der Waals surface area contributed by atoms with Gasteiger partial charge in [-0.3, -0.25) is 14.4 Å². The van der Waals surface area contributed by atoms with E-state index in [1.165, 1.54) is 31.2 Å². The highest BCUT2D eigenvalue weighted by atomic mass is 16.5. The Kier molecular flexibility index (Phi) is 5.07. The lowest BCUT2D eigenvalue weighted by atomic mass is 9.85. The number of methoxy groups -OCH3 is 1. The van der Waals surface area contributed by atoms with E-state index in [4.69, 9.17) is 9.47 Å². The van der Waals surface area contributed by atoms with Crippen LogP contribution in [0, 0.1) is 0 Å². The average molecular weight is 366 g/mol. The summed E-state index contributed by atoms with van der Waals surface area (Å²) in [4.78, 5) is 36.7. The molecule has 2 aromatic carbocycles. The molecule has 1 aliphatic rings. The van der Waals surface area contributed by atoms with Gasteiger partial charge in [0.2, 0.25) is 0 Å². The summed E-state index contributed by atoms with van der Waals surface area (Å²) >= 11 is 0. The van der Waals surface area contributed by atoms with E-state index in [0.29, 0.717) is 11.3 Å². The van der Waals surface area contributed by atoms with Gasteiger partial charge in [0.1, 0.15) is 17.6 Å². The van der Waals surface area contributed by atoms with Crippen LogP contribution in [0.3, 0.4) is 0 Å². The molecule has 27 heavy (non-hydrogen) atoms. The fraction of sp³-hybridized carbons (Fsp3) is 0.190. The first-order chi connectivity index (χ1) is 12.9. The maximum Gasteiger partial charge on any atom is 0.303 e. The molecule has 6 nitrogen and oxygen atoms in total. The molecule has 0 spiro atoms. The van der Waals surface area contributed by atoms with Crippen molar-refractivity contribution in [3.63, 3.8) is 0 Å². The quantitative estimate of drug-likeness (QED) is 0.816. The molecule has 0 bridgehead atoms. The first-order valence-electron chi connectivity index (χ1n) is 8.33. The SMILES string of the molecule is COc1ccc(C(CC2=CC(=O)c3c(O)cccc3C2=O)OC(C)=O)cc1. The van der Waals surface area contributed by atoms with Crippen molar-refractivity contribution in [2.45, 2.75) is 19.4 Å². The zero-order valence-corrected chi connectivity index (χ0v) is 14.9. The Balaban J connectivity index is 1.93. The number of ether oxygens (including phenoxy) is 2. The maximum absolute atomic E-state index is 12.8. The Bertz CT molecular complexity index is 940. The number of ketones is 2. The lowest BCUT2D eigenvalue weighted by molar-refractivity contribution is -0.146. The molecule has 138 valence electrons. The van der Waals surface area contributed by atoms with Crippen molar-refractivity contribution in [1.82, 2.24) is 0 Å². The number of carbonyl (C=O) groups is 3. The minimum absolute atomic E-state index is 0.000247. The van der Waals surface area contributed by atoms with Crippen LogP contribution in [0.2, 0.25) is 0 Å². The van der Waals surface area contributed by atoms with Crippen LogP contribution >= 0.6 is 0 Å². The summed E-state index contributed by atoms with van der Waals surface area (Å²) in [6, 6.07) is 11.3. The number of carbonyl (C=O) groups excluding carboxylic acids is 3. The highest BCUT2D eigenvalue weighted by Gasteiger charge is 2.30. The smallest absolute Gasteiger partial charge is 0.303 e. The van der Waals surface area contributed by atoms with Gasteiger partial charge in [0, 0.05) is 24.5 Å². The van der Waals surface area contributed by atoms with Crippen molar-refractivity contribution in [3.8, 4) is 11.5 Å². The number of phenolic OH excluding ortho intramolecular Hbond substituents is 1. The molecule has 0 aromatic heterocycles. The summed E-state index contributed by atoms with van der Waals surface area (Å²) < 4.78 is 10.5. The molecule has 0 saturated heterocycles. The largest absolute Gasteiger partial charge is 0.507 e. The van der Waals surface area contributed by atoms with Gasteiger partial charge in [-0.05, 0) is 29.8 Å². The normalized spacial score (nSPS) is 14.2. The minimum Gasteiger partial charge on any atom is -0.507 e. The molecule has 1 N–H and O–H groups in total. The second kappa shape index (κ2) is 7.45. The van der Waals surface area contributed by atoms with E-state index in [1.807, 2.05) is 0 Å². The van der Waals surface area contributed by atoms with Gasteiger partial charge in [0.05, 0.1) is 12.7 Å². The molecule has 0 amide bonds. The van der Waals surface area contributed by atoms with Crippen LogP contribution in [0.15, 0.2) is 54.1 Å². The molecular weight excluding hydrogens is 348 g/mol. The highest BCUT2D eigenvalue weighted by Crippen LogP contribution is 2.33. The first kappa shape index (κ1) is 18.4. The monoisotopic (exact) mass is 366 g/mol. The molecule has 0 heterocycles. The Morgan fingerprint density at radius 2 is 1.81 bits per heavy atom. The van der Waals surface area contributed by atoms with Crippen molar-refractivity contribution < 1.29 is 29.0 Å². The van der Waals surface area contributed by atoms with Crippen LogP contribution in [0.4, 0.5) is 0 Å². The van der Waals surface area contributed by atoms with Crippen molar-refractivity contribution in [2.24, 2.45) is 0 Å². The molecule has 1 unspecified atom stereocenters. The van der Waals surface area contributed by atoms with E-state index in [1.54, 1.807) is 31.4 Å². The van der Waals surface area contributed by atoms with E-state index < -0.39 is 17.9 Å². The van der Waals surface area contributed by atoms with Gasteiger partial charge in [-0.1, -0.05) is 24.3 Å². The molecule has 0 aliphatic heterocycles. The van der Waals surface area contributed by atoms with E-state index in [-0.39, 0.29) is 34.7 Å². The molecule has 3 rings (SSSR count). The summed E-state index contributed by atoms with van der Waals surface area (Å²) in [5.41, 5.74) is 1.04. The van der Waals surface area contributed by atoms with Gasteiger partial charge in [-0.15, -0.1) is 0 Å². The van der Waals surface area contributed by atoms with E-state index in [9.17, 15) is 19.5 Å². The maximum atomic E-state index is 12.8. The van der Waals surface area contributed by atoms with Gasteiger partial charge < -0.3 is 14.6 Å². The third-order valence-corrected chi connectivity index (χ3v) is 4.33. The summed E-state index contributed by atoms with van der Waals surface area (Å²) in [6.45, 7) is 1.28. The Morgan fingerprint density at radius 1 is 1.11 bits per heavy atom. The number of benzene rings is 2. The van der Waals surface area contributed by atoms with Gasteiger partial charge >= 0.3 is 5.97 Å². The number of aromatic hydroxyl groups is 1. The van der Waals surface area contributed by atoms with E-state index >= 15 is 0 Å². The predicted molar refractivity (Wildman–Crippen MR) is 97.0 cm³/mol. The number of rotatable bonds is 5. The van der Waals surface area contributed by atoms with Gasteiger partial charge in [0.25, 0.3) is 0 Å². The molecule has 0 radical (unpaired) electrons. The molecule has 1 aliphatic carbocycles. The zero-order valence-electron chi connectivity index (χ0n) is 14.9. The van der Waals surface area contributed by atoms with Crippen LogP contribution < -0.4 is 4.74 Å². The van der Waals surface area contributed by atoms with E-state index in [0.717, 1.165) is 0 Å². The van der Waals surface area contributed by atoms with Crippen LogP contribution in [-0.4, -0.2) is 29.8 Å². The Labute approximate surface area is 156 Å². The Hall–Kier alpha value is -3.41. The predicted octanol–water partition coefficient (Wildman–Crippen LogP) is 3.40. The van der Waals surface area contributed by atoms with Gasteiger partial charge in [-0.2, -0.15) is 0 Å². The topological polar surface area (TPSA) is 89.9 Å². The number of hydrogen-bond donors (Lipinski definition) is 1. The highest BCUT2D eigenvalue weighted by molar-refractivity contribution is 6.25. The van der Waals surface area contributed by atoms with Crippen LogP contribution in [0.25, 0.3) is 0 Å². The number of hydrogen-bond acceptors (Lipinski definition) is 6. The zero-order chi connectivity index (χ0) is 19.6. The van der Waals surface area contributed by atoms with Gasteiger partial charge in [-0.25, -0.2) is 0 Å². The molecule has 0 saturated carbocycles. The summed E-state index contributed by atoms with van der Waals surface area (Å²) in [5.74, 6) is -0.898. The van der Waals surface area contributed by atoms with Crippen LogP contribution in [-0.2, 0) is 9.53 Å². The lowest BCUT2D eigenvalue weighted by Gasteiger charge is -2.21.